The lowest BCUT2D eigenvalue weighted by Crippen LogP contribution is -2.39. The predicted octanol–water partition coefficient (Wildman–Crippen LogP) is 4.70. The van der Waals surface area contributed by atoms with Crippen LogP contribution in [-0.4, -0.2) is 56.9 Å². The van der Waals surface area contributed by atoms with Gasteiger partial charge in [0, 0.05) is 18.7 Å². The Morgan fingerprint density at radius 3 is 2.29 bits per heavy atom. The standard InChI is InChI=1S/C28H32N2O7S/c1-20(15-21-9-6-5-7-10-21)30(28(33)36-3)19-23-18-24(29(2)38(4,34)35)13-14-26(23)37-25-12-8-11-22(16-25)17-27(31)32/h5-14,16,18,20H,15,17,19H2,1-4H3,(H,31,32). The summed E-state index contributed by atoms with van der Waals surface area (Å²) in [6, 6.07) is 21.1. The van der Waals surface area contributed by atoms with Crippen molar-refractivity contribution in [3.8, 4) is 11.5 Å². The van der Waals surface area contributed by atoms with Crippen molar-refractivity contribution in [1.82, 2.24) is 4.90 Å². The van der Waals surface area contributed by atoms with Crippen LogP contribution in [0.5, 0.6) is 11.5 Å². The van der Waals surface area contributed by atoms with E-state index in [1.807, 2.05) is 37.3 Å². The molecule has 0 fully saturated rings. The van der Waals surface area contributed by atoms with Gasteiger partial charge in [0.15, 0.2) is 0 Å². The van der Waals surface area contributed by atoms with E-state index in [0.717, 1.165) is 16.1 Å². The van der Waals surface area contributed by atoms with E-state index in [2.05, 4.69) is 0 Å². The molecular weight excluding hydrogens is 508 g/mol. The molecule has 0 aliphatic heterocycles. The number of carbonyl (C=O) groups is 2. The molecule has 3 aromatic rings. The first-order valence-corrected chi connectivity index (χ1v) is 13.8. The Labute approximate surface area is 223 Å². The lowest BCUT2D eigenvalue weighted by atomic mass is 10.0. The van der Waals surface area contributed by atoms with Gasteiger partial charge in [-0.25, -0.2) is 13.2 Å². The smallest absolute Gasteiger partial charge is 0.410 e. The normalized spacial score (nSPS) is 11.9. The zero-order valence-electron chi connectivity index (χ0n) is 21.8. The molecular formula is C28H32N2O7S. The van der Waals surface area contributed by atoms with E-state index in [1.165, 1.54) is 14.2 Å². The Morgan fingerprint density at radius 1 is 0.974 bits per heavy atom. The van der Waals surface area contributed by atoms with Crippen LogP contribution in [-0.2, 0) is 38.9 Å². The van der Waals surface area contributed by atoms with Gasteiger partial charge in [-0.15, -0.1) is 0 Å². The van der Waals surface area contributed by atoms with Crippen LogP contribution >= 0.6 is 0 Å². The lowest BCUT2D eigenvalue weighted by molar-refractivity contribution is -0.136. The predicted molar refractivity (Wildman–Crippen MR) is 145 cm³/mol. The maximum Gasteiger partial charge on any atom is 0.410 e. The minimum atomic E-state index is -3.54. The highest BCUT2D eigenvalue weighted by atomic mass is 32.2. The molecule has 0 aliphatic carbocycles. The van der Waals surface area contributed by atoms with Crippen molar-refractivity contribution in [2.24, 2.45) is 0 Å². The van der Waals surface area contributed by atoms with Crippen molar-refractivity contribution in [2.75, 3.05) is 24.7 Å². The minimum Gasteiger partial charge on any atom is -0.481 e. The number of sulfonamides is 1. The van der Waals surface area contributed by atoms with Crippen LogP contribution in [0, 0.1) is 0 Å². The summed E-state index contributed by atoms with van der Waals surface area (Å²) in [5.41, 5.74) is 2.56. The Balaban J connectivity index is 2.00. The van der Waals surface area contributed by atoms with Gasteiger partial charge in [-0.1, -0.05) is 42.5 Å². The Kier molecular flexibility index (Phi) is 9.35. The van der Waals surface area contributed by atoms with Gasteiger partial charge in [0.25, 0.3) is 0 Å². The Morgan fingerprint density at radius 2 is 1.66 bits per heavy atom. The second-order valence-electron chi connectivity index (χ2n) is 8.98. The van der Waals surface area contributed by atoms with Crippen LogP contribution in [0.2, 0.25) is 0 Å². The largest absolute Gasteiger partial charge is 0.481 e. The van der Waals surface area contributed by atoms with Gasteiger partial charge in [0.1, 0.15) is 11.5 Å². The number of benzene rings is 3. The van der Waals surface area contributed by atoms with Crippen molar-refractivity contribution in [1.29, 1.82) is 0 Å². The molecule has 0 aliphatic rings. The summed E-state index contributed by atoms with van der Waals surface area (Å²) in [6.45, 7) is 1.99. The molecule has 0 heterocycles. The zero-order valence-corrected chi connectivity index (χ0v) is 22.6. The first-order valence-electron chi connectivity index (χ1n) is 11.9. The van der Waals surface area contributed by atoms with Crippen LogP contribution in [0.15, 0.2) is 72.8 Å². The molecule has 0 saturated heterocycles. The second-order valence-corrected chi connectivity index (χ2v) is 11.0. The van der Waals surface area contributed by atoms with E-state index in [0.29, 0.717) is 34.7 Å². The van der Waals surface area contributed by atoms with Gasteiger partial charge >= 0.3 is 12.1 Å². The van der Waals surface area contributed by atoms with Crippen molar-refractivity contribution in [2.45, 2.75) is 32.4 Å². The number of ether oxygens (including phenoxy) is 2. The van der Waals surface area contributed by atoms with Gasteiger partial charge < -0.3 is 19.5 Å². The third-order valence-corrected chi connectivity index (χ3v) is 7.25. The number of hydrogen-bond donors (Lipinski definition) is 1. The van der Waals surface area contributed by atoms with Crippen LogP contribution in [0.4, 0.5) is 10.5 Å². The fourth-order valence-electron chi connectivity index (χ4n) is 3.96. The Bertz CT molecular complexity index is 1380. The minimum absolute atomic E-state index is 0.0796. The van der Waals surface area contributed by atoms with Gasteiger partial charge in [0.2, 0.25) is 10.0 Å². The zero-order chi connectivity index (χ0) is 27.9. The fraction of sp³-hybridized carbons (Fsp3) is 0.286. The highest BCUT2D eigenvalue weighted by molar-refractivity contribution is 7.92. The van der Waals surface area contributed by atoms with Crippen molar-refractivity contribution < 1.29 is 32.6 Å². The molecule has 1 unspecified atom stereocenters. The number of nitrogens with zero attached hydrogens (tertiary/aromatic N) is 2. The number of carboxylic acid groups (broad SMARTS) is 1. The van der Waals surface area contributed by atoms with E-state index in [4.69, 9.17) is 14.6 Å². The van der Waals surface area contributed by atoms with Crippen molar-refractivity contribution in [3.63, 3.8) is 0 Å². The number of aliphatic carboxylic acids is 1. The Hall–Kier alpha value is -4.05. The summed E-state index contributed by atoms with van der Waals surface area (Å²) in [4.78, 5) is 25.5. The fourth-order valence-corrected chi connectivity index (χ4v) is 4.46. The molecule has 1 atom stereocenters. The molecule has 202 valence electrons. The quantitative estimate of drug-likeness (QED) is 0.375. The SMILES string of the molecule is COC(=O)N(Cc1cc(N(C)S(C)(=O)=O)ccc1Oc1cccc(CC(=O)O)c1)C(C)Cc1ccccc1. The van der Waals surface area contributed by atoms with E-state index in [-0.39, 0.29) is 19.0 Å². The van der Waals surface area contributed by atoms with Crippen molar-refractivity contribution in [3.05, 3.63) is 89.5 Å². The van der Waals surface area contributed by atoms with Crippen molar-refractivity contribution >= 4 is 27.8 Å². The average Bonchev–Trinajstić information content (AvgIpc) is 2.87. The number of anilines is 1. The maximum atomic E-state index is 12.8. The number of methoxy groups -OCH3 is 1. The number of amides is 1. The summed E-state index contributed by atoms with van der Waals surface area (Å²) in [5, 5.41) is 9.13. The summed E-state index contributed by atoms with van der Waals surface area (Å²) in [6.07, 6.45) is 0.986. The third-order valence-electron chi connectivity index (χ3n) is 6.04. The third kappa shape index (κ3) is 7.72. The molecule has 0 bridgehead atoms. The molecule has 3 aromatic carbocycles. The number of rotatable bonds is 11. The molecule has 0 aromatic heterocycles. The molecule has 0 radical (unpaired) electrons. The van der Waals surface area contributed by atoms with Gasteiger partial charge in [-0.3, -0.25) is 9.10 Å². The molecule has 9 nitrogen and oxygen atoms in total. The average molecular weight is 541 g/mol. The molecule has 0 spiro atoms. The second kappa shape index (κ2) is 12.5. The van der Waals surface area contributed by atoms with Crippen LogP contribution in [0.25, 0.3) is 0 Å². The number of hydrogen-bond acceptors (Lipinski definition) is 6. The summed E-state index contributed by atoms with van der Waals surface area (Å²) >= 11 is 0. The van der Waals surface area contributed by atoms with E-state index >= 15 is 0 Å². The maximum absolute atomic E-state index is 12.8. The first kappa shape index (κ1) is 28.5. The monoisotopic (exact) mass is 540 g/mol. The molecule has 38 heavy (non-hydrogen) atoms. The topological polar surface area (TPSA) is 113 Å². The van der Waals surface area contributed by atoms with Gasteiger partial charge in [-0.2, -0.15) is 0 Å². The summed E-state index contributed by atoms with van der Waals surface area (Å²) in [5.74, 6) is -0.155. The molecule has 10 heteroatoms. The van der Waals surface area contributed by atoms with E-state index < -0.39 is 22.1 Å². The van der Waals surface area contributed by atoms with E-state index in [9.17, 15) is 18.0 Å². The molecule has 1 amide bonds. The highest BCUT2D eigenvalue weighted by Crippen LogP contribution is 2.32. The highest BCUT2D eigenvalue weighted by Gasteiger charge is 2.24. The van der Waals surface area contributed by atoms with Gasteiger partial charge in [-0.05, 0) is 54.8 Å². The lowest BCUT2D eigenvalue weighted by Gasteiger charge is -2.29. The van der Waals surface area contributed by atoms with Gasteiger partial charge in [0.05, 0.1) is 32.0 Å². The number of carboxylic acids is 1. The van der Waals surface area contributed by atoms with Crippen LogP contribution in [0.1, 0.15) is 23.6 Å². The first-order chi connectivity index (χ1) is 18.0. The summed E-state index contributed by atoms with van der Waals surface area (Å²) in [7, 11) is -0.782. The molecule has 0 saturated carbocycles. The number of carbonyl (C=O) groups excluding carboxylic acids is 1. The van der Waals surface area contributed by atoms with Crippen LogP contribution in [0.3, 0.4) is 0 Å². The molecule has 1 N–H and O–H groups in total. The van der Waals surface area contributed by atoms with Crippen LogP contribution < -0.4 is 9.04 Å². The van der Waals surface area contributed by atoms with E-state index in [1.54, 1.807) is 47.4 Å². The summed E-state index contributed by atoms with van der Waals surface area (Å²) < 4.78 is 36.7. The molecule has 3 rings (SSSR count).